The first-order chi connectivity index (χ1) is 8.30. The van der Waals surface area contributed by atoms with Crippen LogP contribution in [0.2, 0.25) is 0 Å². The fraction of sp³-hybridized carbons (Fsp3) is 0.300. The van der Waals surface area contributed by atoms with Crippen LogP contribution in [0.25, 0.3) is 0 Å². The number of hydrogen-bond donors (Lipinski definition) is 0. The summed E-state index contributed by atoms with van der Waals surface area (Å²) in [6.45, 7) is -0.135. The minimum Gasteiger partial charge on any atom is -0.307 e. The maximum absolute atomic E-state index is 13.7. The number of nitrogens with zero attached hydrogens (tertiary/aromatic N) is 1. The Morgan fingerprint density at radius 2 is 2.11 bits per heavy atom. The molecule has 98 valence electrons. The smallest absolute Gasteiger partial charge is 0.237 e. The van der Waals surface area contributed by atoms with E-state index in [0.717, 1.165) is 4.90 Å². The van der Waals surface area contributed by atoms with Gasteiger partial charge < -0.3 is 4.90 Å². The van der Waals surface area contributed by atoms with Gasteiger partial charge in [0.15, 0.2) is 0 Å². The normalized spacial score (nSPS) is 20.5. The van der Waals surface area contributed by atoms with Crippen LogP contribution in [0.4, 0.5) is 10.1 Å². The van der Waals surface area contributed by atoms with E-state index in [9.17, 15) is 17.6 Å². The third kappa shape index (κ3) is 2.53. The molecule has 1 atom stereocenters. The lowest BCUT2D eigenvalue weighted by Gasteiger charge is -2.18. The van der Waals surface area contributed by atoms with E-state index < -0.39 is 26.0 Å². The van der Waals surface area contributed by atoms with Gasteiger partial charge in [-0.1, -0.05) is 6.07 Å². The maximum Gasteiger partial charge on any atom is 0.237 e. The second-order valence-corrected chi connectivity index (χ2v) is 7.64. The van der Waals surface area contributed by atoms with Gasteiger partial charge in [0.05, 0.1) is 5.69 Å². The van der Waals surface area contributed by atoms with Crippen LogP contribution >= 0.6 is 26.6 Å². The number of carbonyl (C=O) groups is 1. The standard InChI is InChI=1S/C10H8BrClFNO3S/c11-7-2-1-3-8(13)10(7)14-5-6(4-9(14)15)18(12,16)17/h1-3,6H,4-5H2. The summed E-state index contributed by atoms with van der Waals surface area (Å²) in [5, 5.41) is -1.00. The van der Waals surface area contributed by atoms with Crippen LogP contribution in [0.5, 0.6) is 0 Å². The Balaban J connectivity index is 2.39. The summed E-state index contributed by atoms with van der Waals surface area (Å²) in [5.74, 6) is -1.06. The zero-order chi connectivity index (χ0) is 13.5. The Kier molecular flexibility index (Phi) is 3.66. The molecule has 1 unspecified atom stereocenters. The number of benzene rings is 1. The van der Waals surface area contributed by atoms with Crippen molar-refractivity contribution in [1.29, 1.82) is 0 Å². The van der Waals surface area contributed by atoms with Crippen molar-refractivity contribution in [2.24, 2.45) is 0 Å². The van der Waals surface area contributed by atoms with Crippen molar-refractivity contribution in [2.75, 3.05) is 11.4 Å². The third-order valence-corrected chi connectivity index (χ3v) is 5.20. The first-order valence-electron chi connectivity index (χ1n) is 4.98. The molecule has 1 aromatic rings. The van der Waals surface area contributed by atoms with Gasteiger partial charge in [-0.25, -0.2) is 12.8 Å². The molecule has 1 saturated heterocycles. The average molecular weight is 357 g/mol. The number of rotatable bonds is 2. The lowest BCUT2D eigenvalue weighted by Crippen LogP contribution is -2.27. The van der Waals surface area contributed by atoms with Crippen molar-refractivity contribution >= 4 is 47.3 Å². The molecule has 0 bridgehead atoms. The number of amides is 1. The molecule has 4 nitrogen and oxygen atoms in total. The average Bonchev–Trinajstić information content (AvgIpc) is 2.60. The summed E-state index contributed by atoms with van der Waals surface area (Å²) in [5.41, 5.74) is 0.0466. The van der Waals surface area contributed by atoms with Gasteiger partial charge in [0.1, 0.15) is 11.1 Å². The van der Waals surface area contributed by atoms with E-state index in [4.69, 9.17) is 10.7 Å². The van der Waals surface area contributed by atoms with Gasteiger partial charge >= 0.3 is 0 Å². The van der Waals surface area contributed by atoms with Crippen LogP contribution in [-0.2, 0) is 13.8 Å². The van der Waals surface area contributed by atoms with E-state index in [2.05, 4.69) is 15.9 Å². The second-order valence-electron chi connectivity index (χ2n) is 3.88. The molecule has 0 saturated carbocycles. The highest BCUT2D eigenvalue weighted by Gasteiger charge is 2.39. The van der Waals surface area contributed by atoms with Crippen molar-refractivity contribution in [1.82, 2.24) is 0 Å². The summed E-state index contributed by atoms with van der Waals surface area (Å²) >= 11 is 3.14. The molecule has 0 aromatic heterocycles. The summed E-state index contributed by atoms with van der Waals surface area (Å²) in [6, 6.07) is 4.27. The van der Waals surface area contributed by atoms with Crippen molar-refractivity contribution < 1.29 is 17.6 Å². The molecule has 8 heteroatoms. The van der Waals surface area contributed by atoms with Crippen LogP contribution in [0, 0.1) is 5.82 Å². The largest absolute Gasteiger partial charge is 0.307 e. The Morgan fingerprint density at radius 1 is 1.44 bits per heavy atom. The molecular formula is C10H8BrClFNO3S. The van der Waals surface area contributed by atoms with E-state index in [1.165, 1.54) is 12.1 Å². The quantitative estimate of drug-likeness (QED) is 0.764. The van der Waals surface area contributed by atoms with E-state index in [-0.39, 0.29) is 18.7 Å². The molecule has 1 aliphatic rings. The van der Waals surface area contributed by atoms with Crippen LogP contribution in [0.1, 0.15) is 6.42 Å². The molecule has 0 spiro atoms. The van der Waals surface area contributed by atoms with E-state index in [0.29, 0.717) is 4.47 Å². The molecule has 0 radical (unpaired) electrons. The highest BCUT2D eigenvalue weighted by atomic mass is 79.9. The number of hydrogen-bond acceptors (Lipinski definition) is 3. The topological polar surface area (TPSA) is 54.5 Å². The van der Waals surface area contributed by atoms with Gasteiger partial charge in [0.25, 0.3) is 0 Å². The molecule has 0 aliphatic carbocycles. The van der Waals surface area contributed by atoms with Gasteiger partial charge in [0.2, 0.25) is 15.0 Å². The zero-order valence-electron chi connectivity index (χ0n) is 8.94. The fourth-order valence-electron chi connectivity index (χ4n) is 1.83. The molecule has 1 aromatic carbocycles. The maximum atomic E-state index is 13.7. The van der Waals surface area contributed by atoms with Crippen molar-refractivity contribution in [3.63, 3.8) is 0 Å². The molecule has 0 N–H and O–H groups in total. The molecule has 2 rings (SSSR count). The lowest BCUT2D eigenvalue weighted by atomic mass is 10.3. The molecule has 1 aliphatic heterocycles. The Labute approximate surface area is 116 Å². The van der Waals surface area contributed by atoms with Gasteiger partial charge in [-0.15, -0.1) is 0 Å². The minimum absolute atomic E-state index is 0.0466. The van der Waals surface area contributed by atoms with E-state index >= 15 is 0 Å². The van der Waals surface area contributed by atoms with Gasteiger partial charge in [-0.2, -0.15) is 0 Å². The molecular weight excluding hydrogens is 349 g/mol. The van der Waals surface area contributed by atoms with E-state index in [1.54, 1.807) is 6.07 Å². The SMILES string of the molecule is O=C1CC(S(=O)(=O)Cl)CN1c1c(F)cccc1Br. The Hall–Kier alpha value is -0.660. The predicted octanol–water partition coefficient (Wildman–Crippen LogP) is 2.26. The fourth-order valence-corrected chi connectivity index (χ4v) is 3.41. The van der Waals surface area contributed by atoms with Gasteiger partial charge in [0, 0.05) is 28.1 Å². The third-order valence-electron chi connectivity index (χ3n) is 2.70. The summed E-state index contributed by atoms with van der Waals surface area (Å²) in [6.07, 6.45) is -0.230. The monoisotopic (exact) mass is 355 g/mol. The van der Waals surface area contributed by atoms with Crippen LogP contribution in [0.3, 0.4) is 0 Å². The number of anilines is 1. The number of para-hydroxylation sites is 1. The molecule has 18 heavy (non-hydrogen) atoms. The van der Waals surface area contributed by atoms with Crippen LogP contribution < -0.4 is 4.90 Å². The predicted molar refractivity (Wildman–Crippen MR) is 69.6 cm³/mol. The van der Waals surface area contributed by atoms with Crippen LogP contribution in [-0.4, -0.2) is 26.1 Å². The first-order valence-corrected chi connectivity index (χ1v) is 8.15. The number of halogens is 3. The summed E-state index contributed by atoms with van der Waals surface area (Å²) in [7, 11) is 1.39. The Morgan fingerprint density at radius 3 is 2.61 bits per heavy atom. The highest BCUT2D eigenvalue weighted by molar-refractivity contribution is 9.10. The van der Waals surface area contributed by atoms with Crippen molar-refractivity contribution in [3.8, 4) is 0 Å². The highest BCUT2D eigenvalue weighted by Crippen LogP contribution is 2.34. The van der Waals surface area contributed by atoms with Crippen molar-refractivity contribution in [3.05, 3.63) is 28.5 Å². The number of carbonyl (C=O) groups excluding carboxylic acids is 1. The van der Waals surface area contributed by atoms with Crippen LogP contribution in [0.15, 0.2) is 22.7 Å². The summed E-state index contributed by atoms with van der Waals surface area (Å²) < 4.78 is 36.5. The summed E-state index contributed by atoms with van der Waals surface area (Å²) in [4.78, 5) is 12.9. The molecule has 1 fully saturated rings. The van der Waals surface area contributed by atoms with Gasteiger partial charge in [-0.05, 0) is 28.1 Å². The van der Waals surface area contributed by atoms with E-state index in [1.807, 2.05) is 0 Å². The second kappa shape index (κ2) is 4.79. The molecule has 1 heterocycles. The minimum atomic E-state index is -3.83. The van der Waals surface area contributed by atoms with Gasteiger partial charge in [-0.3, -0.25) is 4.79 Å². The van der Waals surface area contributed by atoms with Crippen molar-refractivity contribution in [2.45, 2.75) is 11.7 Å². The zero-order valence-corrected chi connectivity index (χ0v) is 12.1. The molecule has 1 amide bonds. The Bertz CT molecular complexity index is 587. The lowest BCUT2D eigenvalue weighted by molar-refractivity contribution is -0.117. The first kappa shape index (κ1) is 13.8.